The molecule has 88 valence electrons. The molecule has 1 aliphatic rings. The van der Waals surface area contributed by atoms with Crippen LogP contribution in [0, 0.1) is 5.92 Å². The van der Waals surface area contributed by atoms with Crippen molar-refractivity contribution in [3.63, 3.8) is 0 Å². The molecule has 1 amide bonds. The number of carbonyl (C=O) groups excluding carboxylic acids is 2. The van der Waals surface area contributed by atoms with Gasteiger partial charge < -0.3 is 15.5 Å². The first-order chi connectivity index (χ1) is 7.40. The lowest BCUT2D eigenvalue weighted by Gasteiger charge is -2.26. The lowest BCUT2D eigenvalue weighted by atomic mass is 9.89. The average Bonchev–Trinajstić information content (AvgIpc) is 2.11. The first-order valence-corrected chi connectivity index (χ1v) is 4.67. The van der Waals surface area contributed by atoms with Gasteiger partial charge in [0.25, 0.3) is 0 Å². The third-order valence-electron chi connectivity index (χ3n) is 2.32. The number of Topliss-reactive ketones (excluding diaryl/α,β-unsaturated/α-hetero) is 1. The van der Waals surface area contributed by atoms with E-state index in [1.807, 2.05) is 0 Å². The van der Waals surface area contributed by atoms with E-state index in [0.29, 0.717) is 0 Å². The fourth-order valence-electron chi connectivity index (χ4n) is 1.56. The summed E-state index contributed by atoms with van der Waals surface area (Å²) in [7, 11) is 0. The third-order valence-corrected chi connectivity index (χ3v) is 2.32. The molecule has 16 heavy (non-hydrogen) atoms. The standard InChI is InChI=1S/C9H11NO6/c11-6-1-4(2-7(12)13)9(16)10-5(6)3-8(14)15/h4-5H,1-3H2,(H,10,16)(H,12,13)(H,14,15)/t4-,5-/m0/s1. The Morgan fingerprint density at radius 2 is 1.75 bits per heavy atom. The molecule has 1 heterocycles. The minimum Gasteiger partial charge on any atom is -0.481 e. The highest BCUT2D eigenvalue weighted by atomic mass is 16.4. The van der Waals surface area contributed by atoms with Gasteiger partial charge in [0.15, 0.2) is 5.78 Å². The average molecular weight is 229 g/mol. The molecule has 0 aliphatic carbocycles. The lowest BCUT2D eigenvalue weighted by Crippen LogP contribution is -2.51. The van der Waals surface area contributed by atoms with Gasteiger partial charge in [-0.2, -0.15) is 0 Å². The molecule has 0 radical (unpaired) electrons. The minimum absolute atomic E-state index is 0.212. The Bertz CT molecular complexity index is 316. The summed E-state index contributed by atoms with van der Waals surface area (Å²) in [5.41, 5.74) is 0. The van der Waals surface area contributed by atoms with Crippen LogP contribution >= 0.6 is 0 Å². The molecule has 3 N–H and O–H groups in total. The highest BCUT2D eigenvalue weighted by Gasteiger charge is 2.36. The summed E-state index contributed by atoms with van der Waals surface area (Å²) < 4.78 is 0. The van der Waals surface area contributed by atoms with Gasteiger partial charge in [0.1, 0.15) is 0 Å². The summed E-state index contributed by atoms with van der Waals surface area (Å²) >= 11 is 0. The number of carbonyl (C=O) groups is 4. The van der Waals surface area contributed by atoms with Crippen molar-refractivity contribution < 1.29 is 29.4 Å². The monoisotopic (exact) mass is 229 g/mol. The Labute approximate surface area is 90.4 Å². The Morgan fingerprint density at radius 1 is 1.19 bits per heavy atom. The molecule has 0 aromatic carbocycles. The fraction of sp³-hybridized carbons (Fsp3) is 0.556. The molecule has 1 aliphatic heterocycles. The van der Waals surface area contributed by atoms with Gasteiger partial charge in [-0.1, -0.05) is 0 Å². The minimum atomic E-state index is -1.18. The van der Waals surface area contributed by atoms with Crippen LogP contribution in [0.5, 0.6) is 0 Å². The van der Waals surface area contributed by atoms with Crippen LogP contribution in [0.4, 0.5) is 0 Å². The van der Waals surface area contributed by atoms with Crippen molar-refractivity contribution >= 4 is 23.6 Å². The second-order valence-corrected chi connectivity index (χ2v) is 3.62. The second kappa shape index (κ2) is 4.73. The van der Waals surface area contributed by atoms with E-state index in [2.05, 4.69) is 5.32 Å². The molecule has 0 bridgehead atoms. The molecule has 0 aromatic rings. The van der Waals surface area contributed by atoms with E-state index in [1.165, 1.54) is 0 Å². The largest absolute Gasteiger partial charge is 0.481 e. The highest BCUT2D eigenvalue weighted by molar-refractivity contribution is 5.99. The number of hydrogen-bond acceptors (Lipinski definition) is 4. The van der Waals surface area contributed by atoms with Gasteiger partial charge in [0.05, 0.1) is 24.8 Å². The van der Waals surface area contributed by atoms with E-state index in [0.717, 1.165) is 0 Å². The fourth-order valence-corrected chi connectivity index (χ4v) is 1.56. The molecule has 0 spiro atoms. The third kappa shape index (κ3) is 3.04. The van der Waals surface area contributed by atoms with E-state index in [9.17, 15) is 19.2 Å². The number of carboxylic acids is 2. The number of piperidine rings is 1. The van der Waals surface area contributed by atoms with E-state index >= 15 is 0 Å². The van der Waals surface area contributed by atoms with Crippen LogP contribution in [0.25, 0.3) is 0 Å². The predicted octanol–water partition coefficient (Wildman–Crippen LogP) is -0.990. The van der Waals surface area contributed by atoms with Crippen LogP contribution in [0.15, 0.2) is 0 Å². The number of nitrogens with one attached hydrogen (secondary N) is 1. The summed E-state index contributed by atoms with van der Waals surface area (Å²) in [4.78, 5) is 43.5. The van der Waals surface area contributed by atoms with Gasteiger partial charge in [0, 0.05) is 6.42 Å². The molecule has 0 aromatic heterocycles. The summed E-state index contributed by atoms with van der Waals surface area (Å²) in [5, 5.41) is 19.2. The Balaban J connectivity index is 2.63. The van der Waals surface area contributed by atoms with Gasteiger partial charge in [-0.05, 0) is 0 Å². The first kappa shape index (κ1) is 12.2. The molecule has 2 atom stereocenters. The van der Waals surface area contributed by atoms with Gasteiger partial charge in [-0.15, -0.1) is 0 Å². The molecule has 7 nitrogen and oxygen atoms in total. The molecule has 0 unspecified atom stereocenters. The van der Waals surface area contributed by atoms with Crippen LogP contribution in [-0.4, -0.2) is 39.9 Å². The van der Waals surface area contributed by atoms with Gasteiger partial charge in [-0.3, -0.25) is 19.2 Å². The van der Waals surface area contributed by atoms with Crippen LogP contribution in [-0.2, 0) is 19.2 Å². The van der Waals surface area contributed by atoms with E-state index in [4.69, 9.17) is 10.2 Å². The zero-order chi connectivity index (χ0) is 12.3. The molecule has 7 heteroatoms. The van der Waals surface area contributed by atoms with Crippen molar-refractivity contribution in [2.45, 2.75) is 25.3 Å². The van der Waals surface area contributed by atoms with Crippen molar-refractivity contribution in [2.75, 3.05) is 0 Å². The van der Waals surface area contributed by atoms with Gasteiger partial charge in [-0.25, -0.2) is 0 Å². The lowest BCUT2D eigenvalue weighted by molar-refractivity contribution is -0.146. The van der Waals surface area contributed by atoms with Crippen molar-refractivity contribution in [2.24, 2.45) is 5.92 Å². The normalized spacial score (nSPS) is 25.0. The van der Waals surface area contributed by atoms with Crippen molar-refractivity contribution in [1.29, 1.82) is 0 Å². The summed E-state index contributed by atoms with van der Waals surface area (Å²) in [6.45, 7) is 0. The summed E-state index contributed by atoms with van der Waals surface area (Å²) in [5.74, 6) is -4.25. The molecule has 1 saturated heterocycles. The van der Waals surface area contributed by atoms with E-state index < -0.39 is 48.4 Å². The maximum atomic E-state index is 11.4. The maximum absolute atomic E-state index is 11.4. The molecular formula is C9H11NO6. The van der Waals surface area contributed by atoms with Crippen LogP contribution in [0.2, 0.25) is 0 Å². The highest BCUT2D eigenvalue weighted by Crippen LogP contribution is 2.17. The molecule has 0 saturated carbocycles. The van der Waals surface area contributed by atoms with Crippen LogP contribution < -0.4 is 5.32 Å². The molecule has 1 rings (SSSR count). The maximum Gasteiger partial charge on any atom is 0.305 e. The number of rotatable bonds is 4. The number of amides is 1. The van der Waals surface area contributed by atoms with Gasteiger partial charge >= 0.3 is 11.9 Å². The Kier molecular flexibility index (Phi) is 3.60. The number of aliphatic carboxylic acids is 2. The van der Waals surface area contributed by atoms with Crippen molar-refractivity contribution in [1.82, 2.24) is 5.32 Å². The number of ketones is 1. The number of carboxylic acid groups (broad SMARTS) is 2. The van der Waals surface area contributed by atoms with Crippen molar-refractivity contribution in [3.05, 3.63) is 0 Å². The zero-order valence-corrected chi connectivity index (χ0v) is 8.30. The van der Waals surface area contributed by atoms with Crippen LogP contribution in [0.1, 0.15) is 19.3 Å². The first-order valence-electron chi connectivity index (χ1n) is 4.67. The quantitative estimate of drug-likeness (QED) is 0.569. The molecule has 1 fully saturated rings. The molecular weight excluding hydrogens is 218 g/mol. The zero-order valence-electron chi connectivity index (χ0n) is 8.30. The Morgan fingerprint density at radius 3 is 2.25 bits per heavy atom. The Hall–Kier alpha value is -1.92. The summed E-state index contributed by atoms with van der Waals surface area (Å²) in [6, 6.07) is -1.03. The number of hydrogen-bond donors (Lipinski definition) is 3. The second-order valence-electron chi connectivity index (χ2n) is 3.62. The van der Waals surface area contributed by atoms with E-state index in [-0.39, 0.29) is 6.42 Å². The van der Waals surface area contributed by atoms with Gasteiger partial charge in [0.2, 0.25) is 5.91 Å². The van der Waals surface area contributed by atoms with E-state index in [1.54, 1.807) is 0 Å². The predicted molar refractivity (Wildman–Crippen MR) is 49.6 cm³/mol. The topological polar surface area (TPSA) is 121 Å². The van der Waals surface area contributed by atoms with Crippen molar-refractivity contribution in [3.8, 4) is 0 Å². The smallest absolute Gasteiger partial charge is 0.305 e. The summed E-state index contributed by atoms with van der Waals surface area (Å²) in [6.07, 6.45) is -1.10. The SMILES string of the molecule is O=C(O)C[C@@H]1CC(=O)[C@H](CC(=O)O)NC1=O. The van der Waals surface area contributed by atoms with Crippen LogP contribution in [0.3, 0.4) is 0 Å².